The summed E-state index contributed by atoms with van der Waals surface area (Å²) in [6.07, 6.45) is 6.25. The predicted molar refractivity (Wildman–Crippen MR) is 86.6 cm³/mol. The van der Waals surface area contributed by atoms with E-state index in [1.165, 1.54) is 31.7 Å². The molecule has 0 amide bonds. The number of hydrogen-bond acceptors (Lipinski definition) is 2. The second kappa shape index (κ2) is 7.90. The maximum atomic E-state index is 13.3. The summed E-state index contributed by atoms with van der Waals surface area (Å²) >= 11 is 0. The van der Waals surface area contributed by atoms with E-state index >= 15 is 0 Å². The number of halogens is 1. The van der Waals surface area contributed by atoms with Crippen molar-refractivity contribution in [2.45, 2.75) is 58.0 Å². The lowest BCUT2D eigenvalue weighted by Crippen LogP contribution is -2.38. The highest BCUT2D eigenvalue weighted by Crippen LogP contribution is 2.25. The first-order valence-corrected chi connectivity index (χ1v) is 8.31. The smallest absolute Gasteiger partial charge is 0.123 e. The van der Waals surface area contributed by atoms with Gasteiger partial charge < -0.3 is 10.6 Å². The average Bonchev–Trinajstić information content (AvgIpc) is 2.96. The van der Waals surface area contributed by atoms with Crippen LogP contribution in [0.15, 0.2) is 24.3 Å². The van der Waals surface area contributed by atoms with E-state index in [1.807, 2.05) is 6.07 Å². The van der Waals surface area contributed by atoms with Gasteiger partial charge in [-0.2, -0.15) is 0 Å². The van der Waals surface area contributed by atoms with Crippen molar-refractivity contribution >= 4 is 0 Å². The van der Waals surface area contributed by atoms with Crippen LogP contribution in [0, 0.1) is 11.7 Å². The third kappa shape index (κ3) is 5.08. The summed E-state index contributed by atoms with van der Waals surface area (Å²) in [5.74, 6) is 0.480. The molecule has 1 aliphatic rings. The number of nitrogens with zero attached hydrogens (tertiary/aromatic N) is 1. The second-order valence-electron chi connectivity index (χ2n) is 6.78. The van der Waals surface area contributed by atoms with Gasteiger partial charge in [-0.1, -0.05) is 38.8 Å². The lowest BCUT2D eigenvalue weighted by molar-refractivity contribution is 0.171. The van der Waals surface area contributed by atoms with E-state index in [9.17, 15) is 4.39 Å². The van der Waals surface area contributed by atoms with Crippen molar-refractivity contribution in [3.63, 3.8) is 0 Å². The number of hydrogen-bond donors (Lipinski definition) is 1. The molecule has 0 aromatic heterocycles. The maximum Gasteiger partial charge on any atom is 0.123 e. The molecule has 118 valence electrons. The fourth-order valence-electron chi connectivity index (χ4n) is 3.37. The molecule has 21 heavy (non-hydrogen) atoms. The van der Waals surface area contributed by atoms with Crippen LogP contribution < -0.4 is 5.73 Å². The van der Waals surface area contributed by atoms with Crippen LogP contribution in [-0.2, 0) is 0 Å². The molecule has 1 aromatic rings. The fourth-order valence-corrected chi connectivity index (χ4v) is 3.37. The Hall–Kier alpha value is -0.930. The highest BCUT2D eigenvalue weighted by atomic mass is 19.1. The first kappa shape index (κ1) is 16.4. The Morgan fingerprint density at radius 3 is 2.62 bits per heavy atom. The molecule has 0 aliphatic heterocycles. The SMILES string of the molecule is CC(C)CN(CCC(N)c1cccc(F)c1)C1CCCC1. The normalized spacial score (nSPS) is 17.8. The Balaban J connectivity index is 1.90. The van der Waals surface area contributed by atoms with Gasteiger partial charge in [0.25, 0.3) is 0 Å². The molecular weight excluding hydrogens is 263 g/mol. The molecule has 0 spiro atoms. The lowest BCUT2D eigenvalue weighted by Gasteiger charge is -2.31. The Kier molecular flexibility index (Phi) is 6.19. The molecular formula is C18H29FN2. The van der Waals surface area contributed by atoms with Crippen molar-refractivity contribution < 1.29 is 4.39 Å². The van der Waals surface area contributed by atoms with Crippen molar-refractivity contribution in [1.29, 1.82) is 0 Å². The molecule has 2 N–H and O–H groups in total. The van der Waals surface area contributed by atoms with Crippen molar-refractivity contribution in [1.82, 2.24) is 4.90 Å². The first-order valence-electron chi connectivity index (χ1n) is 8.31. The van der Waals surface area contributed by atoms with Crippen LogP contribution in [0.25, 0.3) is 0 Å². The van der Waals surface area contributed by atoms with Crippen LogP contribution in [0.1, 0.15) is 57.6 Å². The van der Waals surface area contributed by atoms with Gasteiger partial charge in [-0.15, -0.1) is 0 Å². The zero-order valence-corrected chi connectivity index (χ0v) is 13.4. The summed E-state index contributed by atoms with van der Waals surface area (Å²) in [6, 6.07) is 7.36. The van der Waals surface area contributed by atoms with Crippen LogP contribution in [0.5, 0.6) is 0 Å². The Morgan fingerprint density at radius 2 is 2.00 bits per heavy atom. The van der Waals surface area contributed by atoms with Gasteiger partial charge in [-0.3, -0.25) is 0 Å². The number of benzene rings is 1. The van der Waals surface area contributed by atoms with Gasteiger partial charge in [0.1, 0.15) is 5.82 Å². The van der Waals surface area contributed by atoms with Crippen LogP contribution in [0.3, 0.4) is 0 Å². The van der Waals surface area contributed by atoms with Crippen LogP contribution >= 0.6 is 0 Å². The summed E-state index contributed by atoms with van der Waals surface area (Å²) in [5.41, 5.74) is 7.16. The van der Waals surface area contributed by atoms with E-state index in [-0.39, 0.29) is 11.9 Å². The molecule has 1 unspecified atom stereocenters. The Labute approximate surface area is 128 Å². The molecule has 1 saturated carbocycles. The minimum atomic E-state index is -0.197. The lowest BCUT2D eigenvalue weighted by atomic mass is 10.0. The highest BCUT2D eigenvalue weighted by molar-refractivity contribution is 5.19. The van der Waals surface area contributed by atoms with Crippen molar-refractivity contribution in [3.05, 3.63) is 35.6 Å². The molecule has 0 heterocycles. The molecule has 0 radical (unpaired) electrons. The molecule has 3 heteroatoms. The summed E-state index contributed by atoms with van der Waals surface area (Å²) in [7, 11) is 0. The van der Waals surface area contributed by atoms with Gasteiger partial charge in [0, 0.05) is 25.2 Å². The molecule has 2 nitrogen and oxygen atoms in total. The molecule has 1 atom stereocenters. The minimum Gasteiger partial charge on any atom is -0.324 e. The van der Waals surface area contributed by atoms with Crippen molar-refractivity contribution in [2.75, 3.05) is 13.1 Å². The molecule has 1 aliphatic carbocycles. The van der Waals surface area contributed by atoms with Crippen LogP contribution in [0.4, 0.5) is 4.39 Å². The zero-order valence-electron chi connectivity index (χ0n) is 13.4. The third-order valence-electron chi connectivity index (χ3n) is 4.44. The van der Waals surface area contributed by atoms with E-state index in [2.05, 4.69) is 18.7 Å². The monoisotopic (exact) mass is 292 g/mol. The quantitative estimate of drug-likeness (QED) is 0.819. The summed E-state index contributed by atoms with van der Waals surface area (Å²) in [6.45, 7) is 6.70. The maximum absolute atomic E-state index is 13.3. The standard InChI is InChI=1S/C18H29FN2/c1-14(2)13-21(17-8-3-4-9-17)11-10-18(20)15-6-5-7-16(19)12-15/h5-7,12,14,17-18H,3-4,8-11,13,20H2,1-2H3. The van der Waals surface area contributed by atoms with Gasteiger partial charge in [0.2, 0.25) is 0 Å². The van der Waals surface area contributed by atoms with Crippen LogP contribution in [-0.4, -0.2) is 24.0 Å². The van der Waals surface area contributed by atoms with Gasteiger partial charge in [0.05, 0.1) is 0 Å². The van der Waals surface area contributed by atoms with Crippen molar-refractivity contribution in [3.8, 4) is 0 Å². The van der Waals surface area contributed by atoms with Crippen LogP contribution in [0.2, 0.25) is 0 Å². The molecule has 1 aromatic carbocycles. The molecule has 1 fully saturated rings. The number of rotatable bonds is 7. The van der Waals surface area contributed by atoms with E-state index in [4.69, 9.17) is 5.73 Å². The van der Waals surface area contributed by atoms with Gasteiger partial charge in [-0.25, -0.2) is 4.39 Å². The van der Waals surface area contributed by atoms with Gasteiger partial charge in [0.15, 0.2) is 0 Å². The van der Waals surface area contributed by atoms with Gasteiger partial charge in [-0.05, 0) is 42.9 Å². The Morgan fingerprint density at radius 1 is 1.29 bits per heavy atom. The first-order chi connectivity index (χ1) is 10.1. The average molecular weight is 292 g/mol. The van der Waals surface area contributed by atoms with Crippen molar-refractivity contribution in [2.24, 2.45) is 11.7 Å². The molecule has 0 bridgehead atoms. The summed E-state index contributed by atoms with van der Waals surface area (Å²) in [4.78, 5) is 2.61. The largest absolute Gasteiger partial charge is 0.324 e. The molecule has 0 saturated heterocycles. The van der Waals surface area contributed by atoms with E-state index in [0.717, 1.165) is 31.1 Å². The predicted octanol–water partition coefficient (Wildman–Crippen LogP) is 4.12. The number of nitrogens with two attached hydrogens (primary N) is 1. The highest BCUT2D eigenvalue weighted by Gasteiger charge is 2.23. The fraction of sp³-hybridized carbons (Fsp3) is 0.667. The molecule has 2 rings (SSSR count). The van der Waals surface area contributed by atoms with Gasteiger partial charge >= 0.3 is 0 Å². The minimum absolute atomic E-state index is 0.0724. The van der Waals surface area contributed by atoms with E-state index in [0.29, 0.717) is 5.92 Å². The second-order valence-corrected chi connectivity index (χ2v) is 6.78. The van der Waals surface area contributed by atoms with E-state index < -0.39 is 0 Å². The topological polar surface area (TPSA) is 29.3 Å². The summed E-state index contributed by atoms with van der Waals surface area (Å²) < 4.78 is 13.3. The zero-order chi connectivity index (χ0) is 15.2. The third-order valence-corrected chi connectivity index (χ3v) is 4.44. The summed E-state index contributed by atoms with van der Waals surface area (Å²) in [5, 5.41) is 0. The van der Waals surface area contributed by atoms with E-state index in [1.54, 1.807) is 12.1 Å². The Bertz CT molecular complexity index is 427.